The van der Waals surface area contributed by atoms with Crippen LogP contribution in [-0.4, -0.2) is 72.0 Å². The highest BCUT2D eigenvalue weighted by Crippen LogP contribution is 2.13. The summed E-state index contributed by atoms with van der Waals surface area (Å²) in [6.45, 7) is 1.60. The third-order valence-corrected chi connectivity index (χ3v) is 3.27. The fourth-order valence-electron chi connectivity index (χ4n) is 1.96. The number of hydrogen-bond acceptors (Lipinski definition) is 6. The van der Waals surface area contributed by atoms with Crippen LogP contribution in [0.4, 0.5) is 0 Å². The van der Waals surface area contributed by atoms with Crippen molar-refractivity contribution >= 4 is 35.6 Å². The Bertz CT molecular complexity index is 616. The molecule has 0 aliphatic carbocycles. The maximum atomic E-state index is 11.5. The first-order chi connectivity index (χ1) is 13.0. The lowest BCUT2D eigenvalue weighted by atomic mass is 10.0. The normalized spacial score (nSPS) is 10.9. The lowest BCUT2D eigenvalue weighted by Gasteiger charge is -2.11. The highest BCUT2D eigenvalue weighted by Gasteiger charge is 2.20. The largest absolute Gasteiger partial charge is 0.478 e. The van der Waals surface area contributed by atoms with Crippen molar-refractivity contribution in [2.45, 2.75) is 26.7 Å². The van der Waals surface area contributed by atoms with Crippen LogP contribution >= 0.6 is 0 Å². The molecule has 0 saturated carbocycles. The quantitative estimate of drug-likeness (QED) is 0.198. The van der Waals surface area contributed by atoms with Gasteiger partial charge >= 0.3 is 11.9 Å². The van der Waals surface area contributed by atoms with Gasteiger partial charge in [0, 0.05) is 38.1 Å². The number of carboxylic acid groups (broad SMARTS) is 2. The molecule has 0 bridgehead atoms. The predicted octanol–water partition coefficient (Wildman–Crippen LogP) is -2.26. The molecule has 0 aliphatic rings. The molecule has 0 aliphatic heterocycles. The van der Waals surface area contributed by atoms with E-state index in [-0.39, 0.29) is 39.0 Å². The summed E-state index contributed by atoms with van der Waals surface area (Å²) in [4.78, 5) is 67.2. The summed E-state index contributed by atoms with van der Waals surface area (Å²) in [6.07, 6.45) is -0.523. The summed E-state index contributed by atoms with van der Waals surface area (Å²) in [7, 11) is 0. The fraction of sp³-hybridized carbons (Fsp3) is 0.500. The monoisotopic (exact) mass is 400 g/mol. The second-order valence-electron chi connectivity index (χ2n) is 5.59. The molecule has 12 nitrogen and oxygen atoms in total. The van der Waals surface area contributed by atoms with Gasteiger partial charge in [-0.25, -0.2) is 9.59 Å². The summed E-state index contributed by atoms with van der Waals surface area (Å²) < 4.78 is 0. The van der Waals surface area contributed by atoms with Crippen LogP contribution in [0.5, 0.6) is 0 Å². The van der Waals surface area contributed by atoms with E-state index in [1.807, 2.05) is 0 Å². The van der Waals surface area contributed by atoms with Crippen LogP contribution in [0, 0.1) is 0 Å². The average Bonchev–Trinajstić information content (AvgIpc) is 2.59. The van der Waals surface area contributed by atoms with E-state index in [9.17, 15) is 39.0 Å². The molecule has 4 amide bonds. The zero-order chi connectivity index (χ0) is 21.7. The Hall–Kier alpha value is -3.44. The van der Waals surface area contributed by atoms with Crippen molar-refractivity contribution in [2.24, 2.45) is 0 Å². The van der Waals surface area contributed by atoms with Crippen molar-refractivity contribution in [3.8, 4) is 0 Å². The van der Waals surface area contributed by atoms with E-state index >= 15 is 0 Å². The van der Waals surface area contributed by atoms with Gasteiger partial charge in [0.15, 0.2) is 0 Å². The Morgan fingerprint density at radius 2 is 0.929 bits per heavy atom. The van der Waals surface area contributed by atoms with E-state index in [0.717, 1.165) is 0 Å². The smallest absolute Gasteiger partial charge is 0.332 e. The van der Waals surface area contributed by atoms with Crippen LogP contribution in [0.25, 0.3) is 0 Å². The lowest BCUT2D eigenvalue weighted by Crippen LogP contribution is -2.37. The summed E-state index contributed by atoms with van der Waals surface area (Å²) in [6, 6.07) is 0. The van der Waals surface area contributed by atoms with Crippen LogP contribution in [0.15, 0.2) is 11.1 Å². The van der Waals surface area contributed by atoms with Gasteiger partial charge in [-0.1, -0.05) is 0 Å². The average molecular weight is 400 g/mol. The molecule has 0 saturated heterocycles. The number of aliphatic carboxylic acids is 2. The van der Waals surface area contributed by atoms with E-state index in [0.29, 0.717) is 0 Å². The third-order valence-electron chi connectivity index (χ3n) is 3.27. The molecule has 0 aromatic heterocycles. The topological polar surface area (TPSA) is 191 Å². The van der Waals surface area contributed by atoms with Crippen molar-refractivity contribution in [1.82, 2.24) is 21.3 Å². The third kappa shape index (κ3) is 11.2. The standard InChI is InChI=1S/C16H24N4O8/c1-9(21)19-7-13(23)17-5-3-11(15(25)26)12(16(27)28)4-6-18-14(24)8-20-10(2)22/h3-8H2,1-2H3,(H,17,23)(H,18,24)(H,19,21)(H,20,22)(H,25,26)(H,27,28). The number of hydrogen-bond donors (Lipinski definition) is 6. The van der Waals surface area contributed by atoms with E-state index in [2.05, 4.69) is 21.3 Å². The minimum absolute atomic E-state index is 0.147. The van der Waals surface area contributed by atoms with Gasteiger partial charge in [0.05, 0.1) is 13.1 Å². The van der Waals surface area contributed by atoms with Crippen molar-refractivity contribution in [3.05, 3.63) is 11.1 Å². The van der Waals surface area contributed by atoms with Gasteiger partial charge in [-0.15, -0.1) is 0 Å². The molecular formula is C16H24N4O8. The van der Waals surface area contributed by atoms with Crippen molar-refractivity contribution in [2.75, 3.05) is 26.2 Å². The Balaban J connectivity index is 4.79. The minimum Gasteiger partial charge on any atom is -0.478 e. The van der Waals surface area contributed by atoms with E-state index in [4.69, 9.17) is 0 Å². The molecule has 0 aromatic carbocycles. The van der Waals surface area contributed by atoms with Gasteiger partial charge < -0.3 is 31.5 Å². The molecule has 6 N–H and O–H groups in total. The van der Waals surface area contributed by atoms with E-state index in [1.54, 1.807) is 0 Å². The number of carboxylic acids is 2. The molecule has 0 fully saturated rings. The predicted molar refractivity (Wildman–Crippen MR) is 94.9 cm³/mol. The number of carbonyl (C=O) groups excluding carboxylic acids is 4. The molecule has 12 heteroatoms. The van der Waals surface area contributed by atoms with E-state index < -0.39 is 46.7 Å². The summed E-state index contributed by atoms with van der Waals surface area (Å²) >= 11 is 0. The molecule has 0 heterocycles. The summed E-state index contributed by atoms with van der Waals surface area (Å²) in [5.41, 5.74) is -0.827. The number of carbonyl (C=O) groups is 6. The van der Waals surface area contributed by atoms with Gasteiger partial charge in [0.2, 0.25) is 23.6 Å². The van der Waals surface area contributed by atoms with Crippen LogP contribution in [0.2, 0.25) is 0 Å². The molecule has 0 rings (SSSR count). The van der Waals surface area contributed by atoms with E-state index in [1.165, 1.54) is 13.8 Å². The Labute approximate surface area is 160 Å². The zero-order valence-electron chi connectivity index (χ0n) is 15.6. The van der Waals surface area contributed by atoms with Gasteiger partial charge in [-0.2, -0.15) is 0 Å². The SMILES string of the molecule is CC(=O)NCC(=O)NCCC(C(=O)O)=C(CCNC(=O)CNC(C)=O)C(=O)O. The molecular weight excluding hydrogens is 376 g/mol. The van der Waals surface area contributed by atoms with Gasteiger partial charge in [0.25, 0.3) is 0 Å². The van der Waals surface area contributed by atoms with Crippen LogP contribution < -0.4 is 21.3 Å². The van der Waals surface area contributed by atoms with Gasteiger partial charge in [-0.05, 0) is 12.8 Å². The molecule has 0 aromatic rings. The summed E-state index contributed by atoms with van der Waals surface area (Å²) in [5, 5.41) is 27.8. The molecule has 0 spiro atoms. The maximum Gasteiger partial charge on any atom is 0.332 e. The highest BCUT2D eigenvalue weighted by molar-refractivity contribution is 5.99. The molecule has 28 heavy (non-hydrogen) atoms. The van der Waals surface area contributed by atoms with Gasteiger partial charge in [-0.3, -0.25) is 19.2 Å². The van der Waals surface area contributed by atoms with Crippen molar-refractivity contribution in [1.29, 1.82) is 0 Å². The van der Waals surface area contributed by atoms with Gasteiger partial charge in [0.1, 0.15) is 0 Å². The Morgan fingerprint density at radius 1 is 0.607 bits per heavy atom. The lowest BCUT2D eigenvalue weighted by molar-refractivity contribution is -0.136. The zero-order valence-corrected chi connectivity index (χ0v) is 15.6. The molecule has 0 unspecified atom stereocenters. The second-order valence-corrected chi connectivity index (χ2v) is 5.59. The molecule has 156 valence electrons. The number of rotatable bonds is 12. The molecule has 0 radical (unpaired) electrons. The minimum atomic E-state index is -1.46. The molecule has 0 atom stereocenters. The van der Waals surface area contributed by atoms with Crippen molar-refractivity contribution in [3.63, 3.8) is 0 Å². The van der Waals surface area contributed by atoms with Crippen molar-refractivity contribution < 1.29 is 39.0 Å². The first kappa shape index (κ1) is 24.6. The number of nitrogens with one attached hydrogen (secondary N) is 4. The fourth-order valence-corrected chi connectivity index (χ4v) is 1.96. The first-order valence-electron chi connectivity index (χ1n) is 8.25. The van der Waals surface area contributed by atoms with Crippen LogP contribution in [-0.2, 0) is 28.8 Å². The maximum absolute atomic E-state index is 11.5. The first-order valence-corrected chi connectivity index (χ1v) is 8.25. The Morgan fingerprint density at radius 3 is 1.18 bits per heavy atom. The number of amides is 4. The highest BCUT2D eigenvalue weighted by atomic mass is 16.4. The van der Waals surface area contributed by atoms with Crippen LogP contribution in [0.3, 0.4) is 0 Å². The van der Waals surface area contributed by atoms with Crippen LogP contribution in [0.1, 0.15) is 26.7 Å². The second kappa shape index (κ2) is 12.8. The summed E-state index contributed by atoms with van der Waals surface area (Å²) in [5.74, 6) is -4.84. The Kier molecular flexibility index (Phi) is 11.3.